The molecule has 3 nitrogen and oxygen atoms in total. The summed E-state index contributed by atoms with van der Waals surface area (Å²) in [7, 11) is 0. The normalized spacial score (nSPS) is 11.3. The Balaban J connectivity index is 1.99. The van der Waals surface area contributed by atoms with Crippen molar-refractivity contribution in [2.24, 2.45) is 5.92 Å². The van der Waals surface area contributed by atoms with Crippen LogP contribution in [0.25, 0.3) is 0 Å². The minimum absolute atomic E-state index is 0.689. The molecule has 1 aromatic carbocycles. The van der Waals surface area contributed by atoms with Crippen LogP contribution in [0.4, 0.5) is 0 Å². The van der Waals surface area contributed by atoms with E-state index in [2.05, 4.69) is 48.5 Å². The van der Waals surface area contributed by atoms with Gasteiger partial charge in [-0.3, -0.25) is 4.68 Å². The highest BCUT2D eigenvalue weighted by Crippen LogP contribution is 2.15. The third-order valence-electron chi connectivity index (χ3n) is 3.46. The van der Waals surface area contributed by atoms with Gasteiger partial charge in [0.25, 0.3) is 0 Å². The molecule has 0 aliphatic heterocycles. The van der Waals surface area contributed by atoms with Crippen LogP contribution in [0.3, 0.4) is 0 Å². The molecule has 0 amide bonds. The molecule has 0 aliphatic carbocycles. The van der Waals surface area contributed by atoms with Crippen molar-refractivity contribution in [3.63, 3.8) is 0 Å². The highest BCUT2D eigenvalue weighted by atomic mass is 35.5. The van der Waals surface area contributed by atoms with E-state index in [1.165, 1.54) is 11.1 Å². The fourth-order valence-corrected chi connectivity index (χ4v) is 2.47. The summed E-state index contributed by atoms with van der Waals surface area (Å²) in [6.45, 7) is 9.23. The molecule has 4 heteroatoms. The third-order valence-corrected chi connectivity index (χ3v) is 3.83. The Bertz CT molecular complexity index is 556. The molecule has 0 saturated heterocycles. The van der Waals surface area contributed by atoms with E-state index in [1.807, 2.05) is 17.8 Å². The molecule has 0 saturated carbocycles. The molecular weight excluding hydrogens is 282 g/mol. The first-order chi connectivity index (χ1) is 10.1. The van der Waals surface area contributed by atoms with Crippen LogP contribution in [0, 0.1) is 12.8 Å². The fraction of sp³-hybridized carbons (Fsp3) is 0.471. The second kappa shape index (κ2) is 7.62. The van der Waals surface area contributed by atoms with Crippen molar-refractivity contribution in [1.29, 1.82) is 0 Å². The van der Waals surface area contributed by atoms with Gasteiger partial charge in [0.2, 0.25) is 0 Å². The van der Waals surface area contributed by atoms with Gasteiger partial charge in [-0.25, -0.2) is 0 Å². The van der Waals surface area contributed by atoms with Crippen LogP contribution in [0.2, 0.25) is 5.02 Å². The smallest absolute Gasteiger partial charge is 0.0815 e. The summed E-state index contributed by atoms with van der Waals surface area (Å²) in [5.74, 6) is 0.689. The lowest BCUT2D eigenvalue weighted by molar-refractivity contribution is 0.553. The molecule has 0 unspecified atom stereocenters. The lowest BCUT2D eigenvalue weighted by Crippen LogP contribution is -2.22. The maximum atomic E-state index is 6.07. The van der Waals surface area contributed by atoms with Gasteiger partial charge in [0.1, 0.15) is 0 Å². The molecule has 0 aliphatic rings. The molecular formula is C17H24ClN3. The summed E-state index contributed by atoms with van der Waals surface area (Å²) >= 11 is 6.07. The first-order valence-electron chi connectivity index (χ1n) is 7.53. The minimum atomic E-state index is 0.689. The number of aromatic nitrogens is 2. The number of benzene rings is 1. The van der Waals surface area contributed by atoms with Crippen LogP contribution in [0.15, 0.2) is 30.5 Å². The SMILES string of the molecule is Cc1nn(Cc2ccccc2CCNCC(C)C)cc1Cl. The predicted octanol–water partition coefficient (Wildman–Crippen LogP) is 3.68. The van der Waals surface area contributed by atoms with Gasteiger partial charge in [0, 0.05) is 6.20 Å². The highest BCUT2D eigenvalue weighted by molar-refractivity contribution is 6.31. The van der Waals surface area contributed by atoms with Crippen molar-refractivity contribution in [2.45, 2.75) is 33.7 Å². The zero-order chi connectivity index (χ0) is 15.2. The Kier molecular flexibility index (Phi) is 5.83. The van der Waals surface area contributed by atoms with Gasteiger partial charge in [-0.15, -0.1) is 0 Å². The van der Waals surface area contributed by atoms with E-state index in [1.54, 1.807) is 0 Å². The lowest BCUT2D eigenvalue weighted by atomic mass is 10.0. The molecule has 1 N–H and O–H groups in total. The molecule has 0 radical (unpaired) electrons. The number of hydrogen-bond donors (Lipinski definition) is 1. The molecule has 1 heterocycles. The fourth-order valence-electron chi connectivity index (χ4n) is 2.32. The van der Waals surface area contributed by atoms with E-state index in [9.17, 15) is 0 Å². The maximum absolute atomic E-state index is 6.07. The summed E-state index contributed by atoms with van der Waals surface area (Å²) in [4.78, 5) is 0. The Morgan fingerprint density at radius 1 is 1.24 bits per heavy atom. The van der Waals surface area contributed by atoms with Gasteiger partial charge >= 0.3 is 0 Å². The summed E-state index contributed by atoms with van der Waals surface area (Å²) in [5.41, 5.74) is 3.56. The van der Waals surface area contributed by atoms with Gasteiger partial charge in [-0.2, -0.15) is 5.10 Å². The van der Waals surface area contributed by atoms with Crippen LogP contribution < -0.4 is 5.32 Å². The molecule has 0 bridgehead atoms. The Labute approximate surface area is 132 Å². The number of halogens is 1. The van der Waals surface area contributed by atoms with Crippen LogP contribution >= 0.6 is 11.6 Å². The standard InChI is InChI=1S/C17H24ClN3/c1-13(2)10-19-9-8-15-6-4-5-7-16(15)11-21-12-17(18)14(3)20-21/h4-7,12-13,19H,8-11H2,1-3H3. The van der Waals surface area contributed by atoms with Gasteiger partial charge < -0.3 is 5.32 Å². The van der Waals surface area contributed by atoms with E-state index < -0.39 is 0 Å². The minimum Gasteiger partial charge on any atom is -0.316 e. The average Bonchev–Trinajstić information content (AvgIpc) is 2.75. The Morgan fingerprint density at radius 3 is 2.57 bits per heavy atom. The van der Waals surface area contributed by atoms with Crippen LogP contribution in [-0.4, -0.2) is 22.9 Å². The number of hydrogen-bond acceptors (Lipinski definition) is 2. The van der Waals surface area contributed by atoms with E-state index in [0.29, 0.717) is 5.92 Å². The van der Waals surface area contributed by atoms with Crippen LogP contribution in [0.1, 0.15) is 30.7 Å². The van der Waals surface area contributed by atoms with Gasteiger partial charge in [0.05, 0.1) is 17.3 Å². The van der Waals surface area contributed by atoms with Crippen molar-refractivity contribution in [2.75, 3.05) is 13.1 Å². The largest absolute Gasteiger partial charge is 0.316 e. The van der Waals surface area contributed by atoms with Crippen molar-refractivity contribution >= 4 is 11.6 Å². The van der Waals surface area contributed by atoms with E-state index in [4.69, 9.17) is 11.6 Å². The summed E-state index contributed by atoms with van der Waals surface area (Å²) in [6, 6.07) is 8.55. The van der Waals surface area contributed by atoms with E-state index in [-0.39, 0.29) is 0 Å². The molecule has 2 rings (SSSR count). The van der Waals surface area contributed by atoms with Gasteiger partial charge in [-0.05, 0) is 43.5 Å². The highest BCUT2D eigenvalue weighted by Gasteiger charge is 2.06. The van der Waals surface area contributed by atoms with Gasteiger partial charge in [0.15, 0.2) is 0 Å². The summed E-state index contributed by atoms with van der Waals surface area (Å²) < 4.78 is 1.91. The zero-order valence-corrected chi connectivity index (χ0v) is 13.8. The van der Waals surface area contributed by atoms with Crippen LogP contribution in [0.5, 0.6) is 0 Å². The van der Waals surface area contributed by atoms with Crippen molar-refractivity contribution in [3.8, 4) is 0 Å². The molecule has 0 atom stereocenters. The number of aryl methyl sites for hydroxylation is 1. The quantitative estimate of drug-likeness (QED) is 0.791. The average molecular weight is 306 g/mol. The summed E-state index contributed by atoms with van der Waals surface area (Å²) in [6.07, 6.45) is 2.93. The van der Waals surface area contributed by atoms with E-state index in [0.717, 1.165) is 36.8 Å². The van der Waals surface area contributed by atoms with Gasteiger partial charge in [-0.1, -0.05) is 49.7 Å². The first-order valence-corrected chi connectivity index (χ1v) is 7.91. The first kappa shape index (κ1) is 16.1. The number of rotatable bonds is 7. The molecule has 2 aromatic rings. The van der Waals surface area contributed by atoms with Crippen molar-refractivity contribution in [1.82, 2.24) is 15.1 Å². The topological polar surface area (TPSA) is 29.9 Å². The Morgan fingerprint density at radius 2 is 1.95 bits per heavy atom. The Hall–Kier alpha value is -1.32. The molecule has 1 aromatic heterocycles. The van der Waals surface area contributed by atoms with Crippen molar-refractivity contribution < 1.29 is 0 Å². The van der Waals surface area contributed by atoms with Crippen LogP contribution in [-0.2, 0) is 13.0 Å². The summed E-state index contributed by atoms with van der Waals surface area (Å²) in [5, 5.41) is 8.66. The van der Waals surface area contributed by atoms with E-state index >= 15 is 0 Å². The zero-order valence-electron chi connectivity index (χ0n) is 13.1. The predicted molar refractivity (Wildman–Crippen MR) is 88.9 cm³/mol. The molecule has 21 heavy (non-hydrogen) atoms. The molecule has 114 valence electrons. The lowest BCUT2D eigenvalue weighted by Gasteiger charge is -2.11. The molecule has 0 spiro atoms. The molecule has 0 fully saturated rings. The maximum Gasteiger partial charge on any atom is 0.0815 e. The third kappa shape index (κ3) is 4.87. The number of nitrogens with one attached hydrogen (secondary N) is 1. The number of nitrogens with zero attached hydrogens (tertiary/aromatic N) is 2. The second-order valence-electron chi connectivity index (χ2n) is 5.88. The van der Waals surface area contributed by atoms with Crippen molar-refractivity contribution in [3.05, 3.63) is 52.3 Å². The second-order valence-corrected chi connectivity index (χ2v) is 6.28. The monoisotopic (exact) mass is 305 g/mol.